The molecule has 48 heavy (non-hydrogen) atoms. The van der Waals surface area contributed by atoms with Crippen LogP contribution in [0.2, 0.25) is 0 Å². The fraction of sp³-hybridized carbons (Fsp3) is 0.462. The van der Waals surface area contributed by atoms with Gasteiger partial charge in [0.15, 0.2) is 0 Å². The highest BCUT2D eigenvalue weighted by Crippen LogP contribution is 2.48. The summed E-state index contributed by atoms with van der Waals surface area (Å²) in [7, 11) is 0. The number of amides is 2. The Labute approximate surface area is 282 Å². The largest absolute Gasteiger partial charge is 0.459 e. The Balaban J connectivity index is 1.19. The van der Waals surface area contributed by atoms with E-state index in [9.17, 15) is 24.9 Å². The maximum atomic E-state index is 14.1. The van der Waals surface area contributed by atoms with Crippen molar-refractivity contribution in [1.29, 1.82) is 0 Å². The summed E-state index contributed by atoms with van der Waals surface area (Å²) in [5.41, 5.74) is 4.58. The van der Waals surface area contributed by atoms with Crippen molar-refractivity contribution in [2.45, 2.75) is 77.2 Å². The molecular weight excluding hydrogens is 606 g/mol. The maximum absolute atomic E-state index is 14.1. The number of aromatic nitrogens is 1. The topological polar surface area (TPSA) is 127 Å². The summed E-state index contributed by atoms with van der Waals surface area (Å²) in [6, 6.07) is 19.3. The van der Waals surface area contributed by atoms with Crippen LogP contribution in [0.15, 0.2) is 82.4 Å². The van der Waals surface area contributed by atoms with Crippen LogP contribution in [-0.2, 0) is 22.7 Å². The molecule has 4 heterocycles. The van der Waals surface area contributed by atoms with E-state index >= 15 is 0 Å². The number of imide groups is 1. The third-order valence-electron chi connectivity index (χ3n) is 10.3. The number of benzene rings is 1. The smallest absolute Gasteiger partial charge is 0.234 e. The molecule has 2 fully saturated rings. The molecule has 3 aromatic rings. The van der Waals surface area contributed by atoms with Crippen LogP contribution in [0, 0.1) is 17.8 Å². The van der Waals surface area contributed by atoms with Gasteiger partial charge < -0.3 is 19.7 Å². The standard InChI is InChI=1S/C39H47N3O6/c1-2-8-28-22-32-37(39(47)42(38(32)46)29-16-19-41(20-17-29)23-26-9-4-3-5-10-26)33(25-44)36(28)35(45)15-12-27(34-11-6-7-18-40-34)21-30-13-14-31(24-43)48-30/h3-7,9-11,13-14,18,21,29,32-33,35,37,43-45H,2,8,12,15-17,19-20,22-25H2,1H3/b27-21-/t32-,33+,35-,37-/m1/s1. The number of carbonyl (C=O) groups is 2. The minimum absolute atomic E-state index is 0.117. The van der Waals surface area contributed by atoms with Gasteiger partial charge in [0.2, 0.25) is 11.8 Å². The first-order valence-electron chi connectivity index (χ1n) is 17.4. The first kappa shape index (κ1) is 34.0. The number of carbonyl (C=O) groups excluding carboxylic acids is 2. The lowest BCUT2D eigenvalue weighted by Gasteiger charge is -2.37. The van der Waals surface area contributed by atoms with E-state index < -0.39 is 23.9 Å². The zero-order valence-corrected chi connectivity index (χ0v) is 27.7. The number of fused-ring (bicyclic) bond motifs is 1. The molecule has 2 saturated heterocycles. The molecule has 0 unspecified atom stereocenters. The van der Waals surface area contributed by atoms with Crippen LogP contribution >= 0.6 is 0 Å². The second-order valence-electron chi connectivity index (χ2n) is 13.4. The predicted molar refractivity (Wildman–Crippen MR) is 183 cm³/mol. The fourth-order valence-electron chi connectivity index (χ4n) is 8.06. The number of allylic oxidation sites excluding steroid dienone is 2. The highest BCUT2D eigenvalue weighted by Gasteiger charge is 2.56. The number of furan rings is 1. The van der Waals surface area contributed by atoms with Crippen LogP contribution in [0.25, 0.3) is 11.6 Å². The van der Waals surface area contributed by atoms with Crippen molar-refractivity contribution in [2.75, 3.05) is 19.7 Å². The molecular formula is C39H47N3O6. The highest BCUT2D eigenvalue weighted by molar-refractivity contribution is 6.06. The summed E-state index contributed by atoms with van der Waals surface area (Å²) in [5.74, 6) is -1.06. The molecule has 2 aliphatic heterocycles. The minimum atomic E-state index is -0.903. The van der Waals surface area contributed by atoms with Gasteiger partial charge in [-0.2, -0.15) is 0 Å². The van der Waals surface area contributed by atoms with E-state index in [0.717, 1.165) is 61.3 Å². The molecule has 3 N–H and O–H groups in total. The van der Waals surface area contributed by atoms with E-state index in [1.165, 1.54) is 10.5 Å². The molecule has 1 aromatic carbocycles. The molecule has 3 aliphatic rings. The highest BCUT2D eigenvalue weighted by atomic mass is 16.4. The van der Waals surface area contributed by atoms with Crippen molar-refractivity contribution in [2.24, 2.45) is 17.8 Å². The Morgan fingerprint density at radius 2 is 1.79 bits per heavy atom. The number of piperidine rings is 1. The van der Waals surface area contributed by atoms with Crippen LogP contribution in [0.5, 0.6) is 0 Å². The molecule has 9 nitrogen and oxygen atoms in total. The van der Waals surface area contributed by atoms with E-state index in [1.54, 1.807) is 18.3 Å². The van der Waals surface area contributed by atoms with Gasteiger partial charge >= 0.3 is 0 Å². The number of hydrogen-bond donors (Lipinski definition) is 3. The molecule has 0 radical (unpaired) electrons. The van der Waals surface area contributed by atoms with E-state index in [0.29, 0.717) is 37.2 Å². The molecule has 0 saturated carbocycles. The van der Waals surface area contributed by atoms with Gasteiger partial charge in [0, 0.05) is 37.8 Å². The predicted octanol–water partition coefficient (Wildman–Crippen LogP) is 5.22. The second kappa shape index (κ2) is 15.6. The van der Waals surface area contributed by atoms with Gasteiger partial charge in [-0.25, -0.2) is 0 Å². The van der Waals surface area contributed by atoms with Gasteiger partial charge in [-0.15, -0.1) is 0 Å². The normalized spacial score (nSPS) is 23.2. The molecule has 2 amide bonds. The minimum Gasteiger partial charge on any atom is -0.459 e. The number of likely N-dealkylation sites (tertiary alicyclic amines) is 2. The number of rotatable bonds is 13. The number of aliphatic hydroxyl groups is 3. The van der Waals surface area contributed by atoms with Crippen molar-refractivity contribution < 1.29 is 29.3 Å². The monoisotopic (exact) mass is 653 g/mol. The zero-order valence-electron chi connectivity index (χ0n) is 27.7. The first-order chi connectivity index (χ1) is 23.4. The van der Waals surface area contributed by atoms with Gasteiger partial charge in [0.25, 0.3) is 0 Å². The van der Waals surface area contributed by atoms with Gasteiger partial charge in [-0.05, 0) is 85.6 Å². The summed E-state index contributed by atoms with van der Waals surface area (Å²) in [6.45, 7) is 4.04. The third-order valence-corrected chi connectivity index (χ3v) is 10.3. The average Bonchev–Trinajstić information content (AvgIpc) is 3.68. The third kappa shape index (κ3) is 7.25. The van der Waals surface area contributed by atoms with E-state index in [4.69, 9.17) is 4.42 Å². The molecule has 4 atom stereocenters. The van der Waals surface area contributed by atoms with Crippen molar-refractivity contribution in [3.63, 3.8) is 0 Å². The molecule has 254 valence electrons. The number of nitrogens with zero attached hydrogens (tertiary/aromatic N) is 3. The fourth-order valence-corrected chi connectivity index (χ4v) is 8.06. The molecule has 1 aliphatic carbocycles. The van der Waals surface area contributed by atoms with Gasteiger partial charge in [-0.1, -0.05) is 55.3 Å². The summed E-state index contributed by atoms with van der Waals surface area (Å²) in [5, 5.41) is 32.1. The summed E-state index contributed by atoms with van der Waals surface area (Å²) in [6.07, 6.45) is 6.93. The van der Waals surface area contributed by atoms with Crippen LogP contribution in [0.3, 0.4) is 0 Å². The van der Waals surface area contributed by atoms with Gasteiger partial charge in [-0.3, -0.25) is 24.4 Å². The van der Waals surface area contributed by atoms with Gasteiger partial charge in [0.05, 0.1) is 30.2 Å². The maximum Gasteiger partial charge on any atom is 0.234 e. The van der Waals surface area contributed by atoms with Gasteiger partial charge in [0.1, 0.15) is 18.1 Å². The number of pyridine rings is 1. The molecule has 0 bridgehead atoms. The Morgan fingerprint density at radius 3 is 2.46 bits per heavy atom. The van der Waals surface area contributed by atoms with Crippen molar-refractivity contribution in [3.8, 4) is 0 Å². The number of hydrogen-bond acceptors (Lipinski definition) is 8. The Morgan fingerprint density at radius 1 is 1.02 bits per heavy atom. The second-order valence-corrected chi connectivity index (χ2v) is 13.4. The van der Waals surface area contributed by atoms with E-state index in [1.807, 2.05) is 42.5 Å². The van der Waals surface area contributed by atoms with Crippen LogP contribution in [0.4, 0.5) is 0 Å². The SMILES string of the molecule is CCCC1=C([C@H](O)CC/C(=C/c2ccc(CO)o2)c2ccccn2)[C@H](CO)[C@@H]2C(=O)N(C3CCN(Cc4ccccc4)CC3)C(=O)[C@@H]2C1. The Hall–Kier alpha value is -3.89. The lowest BCUT2D eigenvalue weighted by atomic mass is 9.67. The van der Waals surface area contributed by atoms with Crippen molar-refractivity contribution in [3.05, 3.63) is 101 Å². The van der Waals surface area contributed by atoms with E-state index in [2.05, 4.69) is 28.9 Å². The van der Waals surface area contributed by atoms with Crippen LogP contribution < -0.4 is 0 Å². The Bertz CT molecular complexity index is 1610. The Kier molecular flexibility index (Phi) is 11.0. The molecule has 9 heteroatoms. The summed E-state index contributed by atoms with van der Waals surface area (Å²) >= 11 is 0. The van der Waals surface area contributed by atoms with Crippen molar-refractivity contribution >= 4 is 23.5 Å². The van der Waals surface area contributed by atoms with Crippen LogP contribution in [0.1, 0.15) is 74.6 Å². The van der Waals surface area contributed by atoms with E-state index in [-0.39, 0.29) is 31.1 Å². The lowest BCUT2D eigenvalue weighted by molar-refractivity contribution is -0.144. The molecule has 0 spiro atoms. The average molecular weight is 654 g/mol. The lowest BCUT2D eigenvalue weighted by Crippen LogP contribution is -2.47. The first-order valence-corrected chi connectivity index (χ1v) is 17.4. The van der Waals surface area contributed by atoms with Crippen molar-refractivity contribution in [1.82, 2.24) is 14.8 Å². The quantitative estimate of drug-likeness (QED) is 0.169. The number of aliphatic hydroxyl groups excluding tert-OH is 3. The molecule has 6 rings (SSSR count). The van der Waals surface area contributed by atoms with Crippen LogP contribution in [-0.4, -0.2) is 73.8 Å². The zero-order chi connectivity index (χ0) is 33.6. The molecule has 2 aromatic heterocycles. The summed E-state index contributed by atoms with van der Waals surface area (Å²) < 4.78 is 5.72. The summed E-state index contributed by atoms with van der Waals surface area (Å²) in [4.78, 5) is 36.5.